The molecule has 35 heavy (non-hydrogen) atoms. The highest BCUT2D eigenvalue weighted by Crippen LogP contribution is 2.28. The van der Waals surface area contributed by atoms with Crippen LogP contribution in [0.5, 0.6) is 0 Å². The first kappa shape index (κ1) is 22.7. The average Bonchev–Trinajstić information content (AvgIpc) is 3.54. The second-order valence-corrected chi connectivity index (χ2v) is 9.00. The molecule has 5 rings (SSSR count). The van der Waals surface area contributed by atoms with Crippen LogP contribution in [0.15, 0.2) is 55.0 Å². The fraction of sp³-hybridized carbons (Fsp3) is 0.346. The van der Waals surface area contributed by atoms with Gasteiger partial charge in [-0.05, 0) is 55.7 Å². The van der Waals surface area contributed by atoms with E-state index in [4.69, 9.17) is 0 Å². The number of rotatable bonds is 6. The number of aromatic nitrogens is 2. The lowest BCUT2D eigenvalue weighted by Crippen LogP contribution is -2.42. The minimum atomic E-state index is -0.285. The minimum absolute atomic E-state index is 0.0355. The van der Waals surface area contributed by atoms with Gasteiger partial charge >= 0.3 is 0 Å². The Labute approximate surface area is 203 Å². The minimum Gasteiger partial charge on any atom is -0.380 e. The molecule has 2 aliphatic heterocycles. The number of benzene rings is 1. The zero-order chi connectivity index (χ0) is 24.2. The zero-order valence-corrected chi connectivity index (χ0v) is 19.4. The second kappa shape index (κ2) is 10.1. The smallest absolute Gasteiger partial charge is 0.257 e. The van der Waals surface area contributed by atoms with E-state index in [2.05, 4.69) is 31.6 Å². The van der Waals surface area contributed by atoms with Crippen molar-refractivity contribution in [3.05, 3.63) is 60.6 Å². The number of nitrogens with zero attached hydrogens (tertiary/aromatic N) is 5. The molecular formula is C26H27N7O2. The lowest BCUT2D eigenvalue weighted by molar-refractivity contribution is -0.132. The van der Waals surface area contributed by atoms with Crippen LogP contribution in [0, 0.1) is 11.3 Å². The summed E-state index contributed by atoms with van der Waals surface area (Å²) in [6.45, 7) is 2.57. The van der Waals surface area contributed by atoms with E-state index in [9.17, 15) is 14.9 Å². The number of anilines is 2. The Morgan fingerprint density at radius 2 is 2.00 bits per heavy atom. The van der Waals surface area contributed by atoms with E-state index < -0.39 is 0 Å². The molecule has 2 amide bonds. The van der Waals surface area contributed by atoms with E-state index in [-0.39, 0.29) is 23.9 Å². The summed E-state index contributed by atoms with van der Waals surface area (Å²) in [4.78, 5) is 38.0. The number of hydrogen-bond acceptors (Lipinski definition) is 7. The molecule has 1 unspecified atom stereocenters. The Balaban J connectivity index is 1.26. The van der Waals surface area contributed by atoms with E-state index in [0.29, 0.717) is 29.9 Å². The van der Waals surface area contributed by atoms with Gasteiger partial charge in [0.15, 0.2) is 0 Å². The first-order valence-corrected chi connectivity index (χ1v) is 11.9. The van der Waals surface area contributed by atoms with Gasteiger partial charge in [-0.15, -0.1) is 0 Å². The maximum Gasteiger partial charge on any atom is 0.257 e. The largest absolute Gasteiger partial charge is 0.380 e. The van der Waals surface area contributed by atoms with Gasteiger partial charge in [0, 0.05) is 49.1 Å². The summed E-state index contributed by atoms with van der Waals surface area (Å²) in [5.41, 5.74) is 2.65. The number of nitrogens with one attached hydrogen (secondary N) is 2. The monoisotopic (exact) mass is 469 g/mol. The average molecular weight is 470 g/mol. The van der Waals surface area contributed by atoms with Crippen molar-refractivity contribution in [3.63, 3.8) is 0 Å². The van der Waals surface area contributed by atoms with Crippen LogP contribution in [0.2, 0.25) is 0 Å². The van der Waals surface area contributed by atoms with E-state index >= 15 is 0 Å². The fourth-order valence-electron chi connectivity index (χ4n) is 4.91. The van der Waals surface area contributed by atoms with E-state index in [0.717, 1.165) is 43.4 Å². The third-order valence-corrected chi connectivity index (χ3v) is 6.65. The van der Waals surface area contributed by atoms with Gasteiger partial charge in [0.25, 0.3) is 5.91 Å². The summed E-state index contributed by atoms with van der Waals surface area (Å²) in [6, 6.07) is 13.2. The Kier molecular flexibility index (Phi) is 6.55. The maximum atomic E-state index is 12.9. The normalized spacial score (nSPS) is 20.0. The van der Waals surface area contributed by atoms with Crippen LogP contribution in [-0.4, -0.2) is 69.8 Å². The number of carbonyl (C=O) groups is 2. The van der Waals surface area contributed by atoms with Crippen molar-refractivity contribution in [1.29, 1.82) is 5.26 Å². The number of carbonyl (C=O) groups excluding carboxylic acids is 2. The molecule has 178 valence electrons. The van der Waals surface area contributed by atoms with Crippen LogP contribution in [0.25, 0.3) is 10.9 Å². The van der Waals surface area contributed by atoms with Crippen molar-refractivity contribution in [3.8, 4) is 6.07 Å². The summed E-state index contributed by atoms with van der Waals surface area (Å²) < 4.78 is 0. The van der Waals surface area contributed by atoms with Crippen molar-refractivity contribution in [2.45, 2.75) is 31.3 Å². The molecule has 9 heteroatoms. The molecule has 4 heterocycles. The Hall–Kier alpha value is -4.03. The molecule has 2 fully saturated rings. The molecule has 1 aromatic carbocycles. The highest BCUT2D eigenvalue weighted by Gasteiger charge is 2.31. The molecule has 0 aliphatic carbocycles. The predicted molar refractivity (Wildman–Crippen MR) is 133 cm³/mol. The number of fused-ring (bicyclic) bond motifs is 1. The summed E-state index contributed by atoms with van der Waals surface area (Å²) in [5.74, 6) is -0.204. The molecule has 2 atom stereocenters. The molecule has 0 saturated carbocycles. The lowest BCUT2D eigenvalue weighted by atomic mass is 10.1. The number of hydrogen-bond donors (Lipinski definition) is 2. The van der Waals surface area contributed by atoms with Crippen molar-refractivity contribution in [2.75, 3.05) is 36.8 Å². The lowest BCUT2D eigenvalue weighted by Gasteiger charge is -2.23. The molecule has 2 saturated heterocycles. The number of likely N-dealkylation sites (tertiary alicyclic amines) is 2. The van der Waals surface area contributed by atoms with Gasteiger partial charge in [0.05, 0.1) is 35.6 Å². The van der Waals surface area contributed by atoms with Gasteiger partial charge < -0.3 is 15.5 Å². The molecule has 2 N–H and O–H groups in total. The molecule has 0 spiro atoms. The molecular weight excluding hydrogens is 442 g/mol. The first-order valence-electron chi connectivity index (χ1n) is 11.9. The zero-order valence-electron chi connectivity index (χ0n) is 19.4. The highest BCUT2D eigenvalue weighted by molar-refractivity contribution is 6.13. The number of pyridine rings is 2. The van der Waals surface area contributed by atoms with Gasteiger partial charge in [0.1, 0.15) is 6.04 Å². The third kappa shape index (κ3) is 4.93. The van der Waals surface area contributed by atoms with Gasteiger partial charge in [-0.25, -0.2) is 0 Å². The number of nitriles is 1. The van der Waals surface area contributed by atoms with Gasteiger partial charge in [-0.1, -0.05) is 0 Å². The van der Waals surface area contributed by atoms with Crippen molar-refractivity contribution in [2.24, 2.45) is 0 Å². The molecule has 9 nitrogen and oxygen atoms in total. The summed E-state index contributed by atoms with van der Waals surface area (Å²) in [5, 5.41) is 16.6. The van der Waals surface area contributed by atoms with E-state index in [1.807, 2.05) is 18.2 Å². The van der Waals surface area contributed by atoms with Gasteiger partial charge in [0.2, 0.25) is 5.91 Å². The standard InChI is InChI=1S/C26H27N7O2/c27-14-20-5-3-12-33(20)24(34)17-32-13-9-19(16-32)30-23-8-7-22(25-21(23)6-2-11-29-25)26(35)31-18-4-1-10-28-15-18/h1-2,4,6-8,10-11,15,19-20,30H,3,5,9,12-13,16-17H2,(H,31,35)/t19-,20?/m0/s1. The third-order valence-electron chi connectivity index (χ3n) is 6.65. The van der Waals surface area contributed by atoms with Gasteiger partial charge in [-0.3, -0.25) is 24.5 Å². The molecule has 3 aromatic rings. The summed E-state index contributed by atoms with van der Waals surface area (Å²) >= 11 is 0. The van der Waals surface area contributed by atoms with Crippen molar-refractivity contribution >= 4 is 34.1 Å². The van der Waals surface area contributed by atoms with E-state index in [1.54, 1.807) is 41.7 Å². The van der Waals surface area contributed by atoms with Crippen molar-refractivity contribution in [1.82, 2.24) is 19.8 Å². The van der Waals surface area contributed by atoms with Crippen LogP contribution in [-0.2, 0) is 4.79 Å². The quantitative estimate of drug-likeness (QED) is 0.571. The van der Waals surface area contributed by atoms with E-state index in [1.165, 1.54) is 0 Å². The Morgan fingerprint density at radius 1 is 1.11 bits per heavy atom. The maximum absolute atomic E-state index is 12.9. The molecule has 0 bridgehead atoms. The fourth-order valence-corrected chi connectivity index (χ4v) is 4.91. The molecule has 0 radical (unpaired) electrons. The number of amides is 2. The topological polar surface area (TPSA) is 114 Å². The van der Waals surface area contributed by atoms with Crippen LogP contribution < -0.4 is 10.6 Å². The molecule has 2 aliphatic rings. The Morgan fingerprint density at radius 3 is 2.83 bits per heavy atom. The van der Waals surface area contributed by atoms with Crippen LogP contribution in [0.3, 0.4) is 0 Å². The van der Waals surface area contributed by atoms with Gasteiger partial charge in [-0.2, -0.15) is 5.26 Å². The second-order valence-electron chi connectivity index (χ2n) is 9.00. The Bertz CT molecular complexity index is 1270. The van der Waals surface area contributed by atoms with Crippen LogP contribution in [0.1, 0.15) is 29.6 Å². The highest BCUT2D eigenvalue weighted by atomic mass is 16.2. The predicted octanol–water partition coefficient (Wildman–Crippen LogP) is 2.88. The van der Waals surface area contributed by atoms with Crippen LogP contribution >= 0.6 is 0 Å². The first-order chi connectivity index (χ1) is 17.1. The van der Waals surface area contributed by atoms with Crippen LogP contribution in [0.4, 0.5) is 11.4 Å². The summed E-state index contributed by atoms with van der Waals surface area (Å²) in [7, 11) is 0. The SMILES string of the molecule is N#CC1CCCN1C(=O)CN1CC[C@H](Nc2ccc(C(=O)Nc3cccnc3)c3ncccc23)C1. The molecule has 2 aromatic heterocycles. The van der Waals surface area contributed by atoms with Crippen molar-refractivity contribution < 1.29 is 9.59 Å². The summed E-state index contributed by atoms with van der Waals surface area (Å²) in [6.07, 6.45) is 7.50.